The van der Waals surface area contributed by atoms with E-state index in [1.54, 1.807) is 0 Å². The summed E-state index contributed by atoms with van der Waals surface area (Å²) in [6.07, 6.45) is 0.831. The predicted octanol–water partition coefficient (Wildman–Crippen LogP) is 4.71. The number of benzene rings is 2. The van der Waals surface area contributed by atoms with Gasteiger partial charge < -0.3 is 9.73 Å². The molecule has 0 spiro atoms. The molecule has 5 nitrogen and oxygen atoms in total. The summed E-state index contributed by atoms with van der Waals surface area (Å²) in [5.74, 6) is 0.655. The van der Waals surface area contributed by atoms with Gasteiger partial charge in [0, 0.05) is 5.56 Å². The molecule has 27 heavy (non-hydrogen) atoms. The Balaban J connectivity index is 1.57. The van der Waals surface area contributed by atoms with E-state index in [0.29, 0.717) is 11.1 Å². The van der Waals surface area contributed by atoms with Gasteiger partial charge in [-0.05, 0) is 37.5 Å². The molecule has 1 heterocycles. The van der Waals surface area contributed by atoms with Gasteiger partial charge in [-0.15, -0.1) is 10.2 Å². The van der Waals surface area contributed by atoms with Crippen LogP contribution in [0.1, 0.15) is 36.1 Å². The summed E-state index contributed by atoms with van der Waals surface area (Å²) in [4.78, 5) is 12.3. The maximum absolute atomic E-state index is 12.3. The van der Waals surface area contributed by atoms with Crippen molar-refractivity contribution in [2.24, 2.45) is 0 Å². The molecule has 0 aliphatic rings. The fourth-order valence-electron chi connectivity index (χ4n) is 2.77. The molecule has 1 aromatic heterocycles. The molecular formula is C21H23N3O2S. The molecule has 0 saturated heterocycles. The second kappa shape index (κ2) is 8.86. The number of amides is 1. The fourth-order valence-corrected chi connectivity index (χ4v) is 3.35. The van der Waals surface area contributed by atoms with Crippen molar-refractivity contribution in [2.75, 3.05) is 5.75 Å². The highest BCUT2D eigenvalue weighted by molar-refractivity contribution is 7.99. The van der Waals surface area contributed by atoms with Gasteiger partial charge in [-0.25, -0.2) is 0 Å². The van der Waals surface area contributed by atoms with Crippen LogP contribution in [0.2, 0.25) is 0 Å². The van der Waals surface area contributed by atoms with Gasteiger partial charge >= 0.3 is 0 Å². The van der Waals surface area contributed by atoms with Crippen LogP contribution in [0.4, 0.5) is 0 Å². The molecule has 3 rings (SSSR count). The maximum atomic E-state index is 12.3. The number of aryl methyl sites for hydroxylation is 2. The van der Waals surface area contributed by atoms with Crippen LogP contribution < -0.4 is 5.32 Å². The van der Waals surface area contributed by atoms with Crippen LogP contribution in [0.3, 0.4) is 0 Å². The summed E-state index contributed by atoms with van der Waals surface area (Å²) in [5.41, 5.74) is 4.29. The lowest BCUT2D eigenvalue weighted by Crippen LogP contribution is -2.29. The second-order valence-corrected chi connectivity index (χ2v) is 7.34. The second-order valence-electron chi connectivity index (χ2n) is 6.42. The Morgan fingerprint density at radius 3 is 2.56 bits per heavy atom. The van der Waals surface area contributed by atoms with Gasteiger partial charge in [0.2, 0.25) is 11.8 Å². The molecular weight excluding hydrogens is 358 g/mol. The zero-order valence-corrected chi connectivity index (χ0v) is 16.5. The van der Waals surface area contributed by atoms with E-state index in [2.05, 4.69) is 53.6 Å². The molecule has 0 radical (unpaired) electrons. The van der Waals surface area contributed by atoms with E-state index >= 15 is 0 Å². The monoisotopic (exact) mass is 381 g/mol. The molecule has 6 heteroatoms. The normalized spacial score (nSPS) is 12.0. The number of hydrogen-bond donors (Lipinski definition) is 1. The number of rotatable bonds is 7. The third kappa shape index (κ3) is 4.98. The minimum Gasteiger partial charge on any atom is -0.411 e. The quantitative estimate of drug-likeness (QED) is 0.600. The molecule has 0 aliphatic carbocycles. The number of carbonyl (C=O) groups excluding carboxylic acids is 1. The third-order valence-electron chi connectivity index (χ3n) is 4.33. The first-order valence-electron chi connectivity index (χ1n) is 8.95. The van der Waals surface area contributed by atoms with Crippen molar-refractivity contribution in [1.29, 1.82) is 0 Å². The number of thioether (sulfide) groups is 1. The fraction of sp³-hybridized carbons (Fsp3) is 0.286. The zero-order valence-electron chi connectivity index (χ0n) is 15.7. The van der Waals surface area contributed by atoms with Crippen molar-refractivity contribution < 1.29 is 9.21 Å². The number of nitrogens with one attached hydrogen (secondary N) is 1. The molecule has 1 N–H and O–H groups in total. The number of carbonyl (C=O) groups is 1. The highest BCUT2D eigenvalue weighted by atomic mass is 32.2. The van der Waals surface area contributed by atoms with Gasteiger partial charge in [0.15, 0.2) is 0 Å². The molecule has 1 atom stereocenters. The highest BCUT2D eigenvalue weighted by Crippen LogP contribution is 2.25. The van der Waals surface area contributed by atoms with Crippen molar-refractivity contribution in [3.63, 3.8) is 0 Å². The van der Waals surface area contributed by atoms with Crippen LogP contribution in [-0.2, 0) is 4.79 Å². The van der Waals surface area contributed by atoms with E-state index in [1.807, 2.05) is 31.2 Å². The Hall–Kier alpha value is -2.60. The number of hydrogen-bond acceptors (Lipinski definition) is 5. The Morgan fingerprint density at radius 1 is 1.11 bits per heavy atom. The van der Waals surface area contributed by atoms with Crippen LogP contribution >= 0.6 is 11.8 Å². The van der Waals surface area contributed by atoms with Crippen LogP contribution in [0, 0.1) is 13.8 Å². The highest BCUT2D eigenvalue weighted by Gasteiger charge is 2.15. The first-order valence-corrected chi connectivity index (χ1v) is 9.93. The van der Waals surface area contributed by atoms with Crippen molar-refractivity contribution in [3.05, 3.63) is 65.2 Å². The topological polar surface area (TPSA) is 68.0 Å². The number of nitrogens with zero attached hydrogens (tertiary/aromatic N) is 2. The summed E-state index contributed by atoms with van der Waals surface area (Å²) in [7, 11) is 0. The summed E-state index contributed by atoms with van der Waals surface area (Å²) >= 11 is 1.25. The lowest BCUT2D eigenvalue weighted by Gasteiger charge is -2.17. The van der Waals surface area contributed by atoms with Gasteiger partial charge in [-0.1, -0.05) is 66.7 Å². The SMILES string of the molecule is CC[C@H](NC(=O)CSc1nnc(-c2ccccc2C)o1)c1ccc(C)cc1. The Labute approximate surface area is 163 Å². The van der Waals surface area contributed by atoms with Crippen LogP contribution in [-0.4, -0.2) is 21.9 Å². The average molecular weight is 382 g/mol. The molecule has 1 amide bonds. The van der Waals surface area contributed by atoms with Crippen molar-refractivity contribution in [1.82, 2.24) is 15.5 Å². The van der Waals surface area contributed by atoms with Crippen molar-refractivity contribution >= 4 is 17.7 Å². The van der Waals surface area contributed by atoms with Crippen molar-refractivity contribution in [2.45, 2.75) is 38.5 Å². The maximum Gasteiger partial charge on any atom is 0.277 e. The lowest BCUT2D eigenvalue weighted by molar-refractivity contribution is -0.119. The van der Waals surface area contributed by atoms with Gasteiger partial charge in [0.25, 0.3) is 5.22 Å². The summed E-state index contributed by atoms with van der Waals surface area (Å²) in [6, 6.07) is 16.1. The molecule has 3 aromatic rings. The molecule has 0 aliphatic heterocycles. The smallest absolute Gasteiger partial charge is 0.277 e. The molecule has 0 bridgehead atoms. The third-order valence-corrected chi connectivity index (χ3v) is 5.15. The Kier molecular flexibility index (Phi) is 6.29. The zero-order chi connectivity index (χ0) is 19.2. The van der Waals surface area contributed by atoms with Crippen molar-refractivity contribution in [3.8, 4) is 11.5 Å². The average Bonchev–Trinajstić information content (AvgIpc) is 3.14. The molecule has 2 aromatic carbocycles. The Bertz CT molecular complexity index is 906. The first-order chi connectivity index (χ1) is 13.1. The van der Waals surface area contributed by atoms with Crippen LogP contribution in [0.15, 0.2) is 58.2 Å². The van der Waals surface area contributed by atoms with E-state index in [9.17, 15) is 4.79 Å². The molecule has 0 fully saturated rings. The first kappa shape index (κ1) is 19.2. The van der Waals surface area contributed by atoms with E-state index in [0.717, 1.165) is 23.1 Å². The van der Waals surface area contributed by atoms with Crippen LogP contribution in [0.5, 0.6) is 0 Å². The van der Waals surface area contributed by atoms with E-state index < -0.39 is 0 Å². The van der Waals surface area contributed by atoms with Gasteiger partial charge in [-0.3, -0.25) is 4.79 Å². The van der Waals surface area contributed by atoms with Gasteiger partial charge in [-0.2, -0.15) is 0 Å². The molecule has 140 valence electrons. The standard InChI is InChI=1S/C21H23N3O2S/c1-4-18(16-11-9-14(2)10-12-16)22-19(25)13-27-21-24-23-20(26-21)17-8-6-5-7-15(17)3/h5-12,18H,4,13H2,1-3H3,(H,22,25)/t18-/m0/s1. The number of aromatic nitrogens is 2. The van der Waals surface area contributed by atoms with Gasteiger partial charge in [0.1, 0.15) is 0 Å². The van der Waals surface area contributed by atoms with Gasteiger partial charge in [0.05, 0.1) is 11.8 Å². The van der Waals surface area contributed by atoms with E-state index in [-0.39, 0.29) is 17.7 Å². The summed E-state index contributed by atoms with van der Waals surface area (Å²) in [5, 5.41) is 11.6. The van der Waals surface area contributed by atoms with E-state index in [4.69, 9.17) is 4.42 Å². The predicted molar refractivity (Wildman–Crippen MR) is 108 cm³/mol. The largest absolute Gasteiger partial charge is 0.411 e. The Morgan fingerprint density at radius 2 is 1.85 bits per heavy atom. The minimum atomic E-state index is -0.0527. The summed E-state index contributed by atoms with van der Waals surface area (Å²) < 4.78 is 5.69. The molecule has 0 unspecified atom stereocenters. The lowest BCUT2D eigenvalue weighted by atomic mass is 10.0. The summed E-state index contributed by atoms with van der Waals surface area (Å²) in [6.45, 7) is 6.11. The minimum absolute atomic E-state index is 0.00362. The van der Waals surface area contributed by atoms with E-state index in [1.165, 1.54) is 17.3 Å². The molecule has 0 saturated carbocycles. The van der Waals surface area contributed by atoms with Crippen LogP contribution in [0.25, 0.3) is 11.5 Å².